The maximum atomic E-state index is 14.5. The minimum Gasteiger partial charge on any atom is -0.460 e. The lowest BCUT2D eigenvalue weighted by Gasteiger charge is -2.43. The van der Waals surface area contributed by atoms with Crippen molar-refractivity contribution in [1.29, 1.82) is 0 Å². The van der Waals surface area contributed by atoms with Crippen LogP contribution in [0.3, 0.4) is 0 Å². The summed E-state index contributed by atoms with van der Waals surface area (Å²) in [5.74, 6) is -7.61. The standard InChI is InChI=1S/C55H85NO13/c1-33(2)44-27-38(7)50(60)51(65-9)49(59)37(6)25-34(3)15-11-10-12-16-35(4)47(67-32-41-30-66-31-41)28-43-23-18-39(8)55(64,69-43)52(61)53(62)56-24-14-13-17-45(56)54(63)68-48(29-46(44)58)36(5)26-40-19-21-42(57)22-20-40/h10-12,15-16,27,33-34,36-37,39-45,47-48,50-51,57,60,64H,13-14,17-26,28-32H2,1-9H3/b12-10+,15-11+,35-16+,38-27+/t34-,36-,37-,39-,40-,42-,43+,44+,45+,47?,48+,50-,51+,55-/m1/s1. The molecule has 4 fully saturated rings. The molecule has 1 amide bonds. The number of aliphatic hydroxyl groups excluding tert-OH is 2. The summed E-state index contributed by atoms with van der Waals surface area (Å²) in [4.78, 5) is 72.9. The largest absolute Gasteiger partial charge is 0.460 e. The van der Waals surface area contributed by atoms with Crippen LogP contribution in [-0.4, -0.2) is 131 Å². The summed E-state index contributed by atoms with van der Waals surface area (Å²) in [5, 5.41) is 34.0. The Morgan fingerprint density at radius 2 is 1.57 bits per heavy atom. The molecule has 388 valence electrons. The van der Waals surface area contributed by atoms with Gasteiger partial charge < -0.3 is 43.9 Å². The van der Waals surface area contributed by atoms with E-state index in [1.165, 1.54) is 12.0 Å². The summed E-state index contributed by atoms with van der Waals surface area (Å²) in [6.45, 7) is 16.7. The first-order valence-corrected chi connectivity index (χ1v) is 26.0. The number of esters is 1. The molecule has 0 spiro atoms. The molecule has 14 heteroatoms. The van der Waals surface area contributed by atoms with E-state index < -0.39 is 77.8 Å². The number of cyclic esters (lactones) is 1. The zero-order chi connectivity index (χ0) is 50.6. The Morgan fingerprint density at radius 1 is 0.855 bits per heavy atom. The first-order valence-electron chi connectivity index (χ1n) is 26.0. The van der Waals surface area contributed by atoms with Gasteiger partial charge in [0, 0.05) is 50.2 Å². The van der Waals surface area contributed by atoms with Crippen LogP contribution in [0.4, 0.5) is 0 Å². The molecule has 12 atom stereocenters. The summed E-state index contributed by atoms with van der Waals surface area (Å²) in [6, 6.07) is -1.13. The Bertz CT molecular complexity index is 1860. The first kappa shape index (κ1) is 56.5. The van der Waals surface area contributed by atoms with E-state index >= 15 is 0 Å². The van der Waals surface area contributed by atoms with E-state index in [-0.39, 0.29) is 66.6 Å². The van der Waals surface area contributed by atoms with Gasteiger partial charge in [-0.2, -0.15) is 0 Å². The number of nitrogens with zero attached hydrogens (tertiary/aromatic N) is 1. The lowest BCUT2D eigenvalue weighted by molar-refractivity contribution is -0.266. The topological polar surface area (TPSA) is 195 Å². The fraction of sp³-hybridized carbons (Fsp3) is 0.764. The molecule has 5 aliphatic rings. The highest BCUT2D eigenvalue weighted by atomic mass is 16.6. The zero-order valence-electron chi connectivity index (χ0n) is 43.0. The number of rotatable bonds is 8. The normalized spacial score (nSPS) is 39.0. The smallest absolute Gasteiger partial charge is 0.329 e. The Labute approximate surface area is 411 Å². The van der Waals surface area contributed by atoms with Gasteiger partial charge in [0.2, 0.25) is 5.79 Å². The predicted molar refractivity (Wildman–Crippen MR) is 261 cm³/mol. The summed E-state index contributed by atoms with van der Waals surface area (Å²) in [5.41, 5.74) is 1.32. The van der Waals surface area contributed by atoms with E-state index in [4.69, 9.17) is 23.7 Å². The number of piperidine rings is 1. The maximum Gasteiger partial charge on any atom is 0.329 e. The summed E-state index contributed by atoms with van der Waals surface area (Å²) >= 11 is 0. The van der Waals surface area contributed by atoms with E-state index in [1.807, 2.05) is 71.9 Å². The average Bonchev–Trinajstić information content (AvgIpc) is 3.30. The third-order valence-corrected chi connectivity index (χ3v) is 15.6. The number of carbonyl (C=O) groups is 5. The number of aliphatic hydroxyl groups is 3. The second-order valence-corrected chi connectivity index (χ2v) is 21.7. The molecule has 1 aliphatic carbocycles. The molecule has 2 bridgehead atoms. The van der Waals surface area contributed by atoms with Gasteiger partial charge in [-0.3, -0.25) is 19.2 Å². The number of hydrogen-bond donors (Lipinski definition) is 3. The van der Waals surface area contributed by atoms with Gasteiger partial charge in [0.1, 0.15) is 30.1 Å². The summed E-state index contributed by atoms with van der Waals surface area (Å²) < 4.78 is 30.1. The van der Waals surface area contributed by atoms with Gasteiger partial charge in [-0.15, -0.1) is 0 Å². The Balaban J connectivity index is 1.50. The number of ketones is 3. The number of ether oxygens (including phenoxy) is 5. The van der Waals surface area contributed by atoms with Crippen LogP contribution in [0.25, 0.3) is 0 Å². The van der Waals surface area contributed by atoms with Crippen molar-refractivity contribution in [3.63, 3.8) is 0 Å². The number of methoxy groups -OCH3 is 1. The van der Waals surface area contributed by atoms with Crippen molar-refractivity contribution < 1.29 is 63.0 Å². The van der Waals surface area contributed by atoms with E-state index in [1.54, 1.807) is 19.9 Å². The lowest BCUT2D eigenvalue weighted by atomic mass is 9.79. The Kier molecular flexibility index (Phi) is 21.6. The molecule has 4 aliphatic heterocycles. The second kappa shape index (κ2) is 26.4. The molecule has 69 heavy (non-hydrogen) atoms. The van der Waals surface area contributed by atoms with Crippen LogP contribution in [-0.2, 0) is 47.7 Å². The quantitative estimate of drug-likeness (QED) is 0.126. The summed E-state index contributed by atoms with van der Waals surface area (Å²) in [7, 11) is 1.40. The highest BCUT2D eigenvalue weighted by molar-refractivity contribution is 6.39. The maximum absolute atomic E-state index is 14.5. The van der Waals surface area contributed by atoms with Crippen LogP contribution in [0, 0.1) is 47.3 Å². The number of Topliss-reactive ketones (excluding diaryl/α,β-unsaturated/α-hetero) is 3. The number of carbonyl (C=O) groups excluding carboxylic acids is 5. The lowest BCUT2D eigenvalue weighted by Crippen LogP contribution is -2.61. The van der Waals surface area contributed by atoms with Crippen molar-refractivity contribution in [2.45, 2.75) is 187 Å². The average molecular weight is 968 g/mol. The SMILES string of the molecule is CO[C@H]1C(=O)[C@H](C)C[C@H](C)/C=C/C=C/C=C(\C)C(OCC2COC2)C[C@@H]2CC[C@@H](C)[C@@](O)(O2)C(=O)C(=O)N2CCCC[C@H]2C(=O)O[C@H]([C@H](C)C[C@H]2CC[C@H](O)CC2)CC(=O)[C@H](C(C)C)/C=C(\C)[C@H]1O. The minimum absolute atomic E-state index is 0.0128. The van der Waals surface area contributed by atoms with E-state index in [9.17, 15) is 39.3 Å². The van der Waals surface area contributed by atoms with Crippen LogP contribution in [0.15, 0.2) is 47.6 Å². The van der Waals surface area contributed by atoms with Gasteiger partial charge in [-0.1, -0.05) is 78.0 Å². The van der Waals surface area contributed by atoms with Crippen molar-refractivity contribution in [2.75, 3.05) is 33.5 Å². The van der Waals surface area contributed by atoms with Crippen molar-refractivity contribution >= 4 is 29.2 Å². The molecule has 5 rings (SSSR count). The fourth-order valence-electron chi connectivity index (χ4n) is 10.8. The fourth-order valence-corrected chi connectivity index (χ4v) is 10.8. The zero-order valence-corrected chi connectivity index (χ0v) is 43.0. The molecule has 0 aromatic rings. The molecule has 0 aromatic carbocycles. The monoisotopic (exact) mass is 968 g/mol. The third-order valence-electron chi connectivity index (χ3n) is 15.6. The molecule has 4 heterocycles. The Morgan fingerprint density at radius 3 is 2.22 bits per heavy atom. The molecular formula is C55H85NO13. The highest BCUT2D eigenvalue weighted by Gasteiger charge is 2.53. The van der Waals surface area contributed by atoms with E-state index in [2.05, 4.69) is 0 Å². The van der Waals surface area contributed by atoms with Crippen molar-refractivity contribution in [3.8, 4) is 0 Å². The van der Waals surface area contributed by atoms with Crippen molar-refractivity contribution in [1.82, 2.24) is 4.90 Å². The number of hydrogen-bond acceptors (Lipinski definition) is 13. The molecule has 3 saturated heterocycles. The van der Waals surface area contributed by atoms with Gasteiger partial charge in [0.15, 0.2) is 5.78 Å². The van der Waals surface area contributed by atoms with E-state index in [0.717, 1.165) is 18.4 Å². The molecule has 0 aromatic heterocycles. The predicted octanol–water partition coefficient (Wildman–Crippen LogP) is 7.21. The van der Waals surface area contributed by atoms with Gasteiger partial charge in [0.25, 0.3) is 11.7 Å². The van der Waals surface area contributed by atoms with Crippen LogP contribution in [0.2, 0.25) is 0 Å². The van der Waals surface area contributed by atoms with Crippen LogP contribution >= 0.6 is 0 Å². The van der Waals surface area contributed by atoms with Gasteiger partial charge in [-0.05, 0) is 119 Å². The van der Waals surface area contributed by atoms with Crippen LogP contribution in [0.1, 0.15) is 139 Å². The minimum atomic E-state index is -2.44. The van der Waals surface area contributed by atoms with Gasteiger partial charge >= 0.3 is 5.97 Å². The molecule has 3 N–H and O–H groups in total. The highest BCUT2D eigenvalue weighted by Crippen LogP contribution is 2.38. The van der Waals surface area contributed by atoms with Crippen LogP contribution < -0.4 is 0 Å². The van der Waals surface area contributed by atoms with Crippen molar-refractivity contribution in [3.05, 3.63) is 47.6 Å². The van der Waals surface area contributed by atoms with Crippen LogP contribution in [0.5, 0.6) is 0 Å². The molecule has 1 saturated carbocycles. The second-order valence-electron chi connectivity index (χ2n) is 21.7. The third kappa shape index (κ3) is 15.3. The number of fused-ring (bicyclic) bond motifs is 3. The van der Waals surface area contributed by atoms with Gasteiger partial charge in [-0.25, -0.2) is 4.79 Å². The molecule has 1 unspecified atom stereocenters. The number of amides is 1. The first-order chi connectivity index (χ1) is 32.7. The number of allylic oxidation sites excluding steroid dienone is 6. The van der Waals surface area contributed by atoms with E-state index in [0.29, 0.717) is 83.2 Å². The Hall–Kier alpha value is -3.37. The molecule has 14 nitrogen and oxygen atoms in total. The van der Waals surface area contributed by atoms with Crippen molar-refractivity contribution in [2.24, 2.45) is 47.3 Å². The van der Waals surface area contributed by atoms with Gasteiger partial charge in [0.05, 0.1) is 38.1 Å². The molecule has 0 radical (unpaired) electrons. The molecular weight excluding hydrogens is 883 g/mol. The summed E-state index contributed by atoms with van der Waals surface area (Å²) in [6.07, 6.45) is 13.2.